The topological polar surface area (TPSA) is 35.6 Å². The molecule has 0 radical (unpaired) electrons. The van der Waals surface area contributed by atoms with Gasteiger partial charge in [-0.25, -0.2) is 0 Å². The Morgan fingerprint density at radius 1 is 1.24 bits per heavy atom. The first kappa shape index (κ1) is 14.5. The standard InChI is InChI=1S/C17H25N3O/c1-14-4-2-3-5-15(14)12-17(21)20-9-6-16(13-20)19-10-7-18-8-11-19/h2-5,16,18H,6-13H2,1H3. The fraction of sp³-hybridized carbons (Fsp3) is 0.588. The van der Waals surface area contributed by atoms with Crippen LogP contribution in [0.15, 0.2) is 24.3 Å². The van der Waals surface area contributed by atoms with Crippen molar-refractivity contribution in [2.75, 3.05) is 39.3 Å². The summed E-state index contributed by atoms with van der Waals surface area (Å²) in [6.07, 6.45) is 1.67. The van der Waals surface area contributed by atoms with Crippen molar-refractivity contribution in [1.82, 2.24) is 15.1 Å². The van der Waals surface area contributed by atoms with Crippen LogP contribution >= 0.6 is 0 Å². The number of carbonyl (C=O) groups is 1. The third kappa shape index (κ3) is 3.44. The molecule has 2 heterocycles. The summed E-state index contributed by atoms with van der Waals surface area (Å²) in [5.74, 6) is 0.280. The van der Waals surface area contributed by atoms with E-state index < -0.39 is 0 Å². The van der Waals surface area contributed by atoms with E-state index >= 15 is 0 Å². The summed E-state index contributed by atoms with van der Waals surface area (Å²) in [4.78, 5) is 17.1. The Labute approximate surface area is 127 Å². The van der Waals surface area contributed by atoms with Crippen molar-refractivity contribution < 1.29 is 4.79 Å². The maximum absolute atomic E-state index is 12.5. The maximum Gasteiger partial charge on any atom is 0.227 e. The Morgan fingerprint density at radius 2 is 2.00 bits per heavy atom. The van der Waals surface area contributed by atoms with Crippen LogP contribution in [0.1, 0.15) is 17.5 Å². The van der Waals surface area contributed by atoms with Crippen molar-refractivity contribution in [3.63, 3.8) is 0 Å². The van der Waals surface area contributed by atoms with E-state index in [4.69, 9.17) is 0 Å². The summed E-state index contributed by atoms with van der Waals surface area (Å²) in [5.41, 5.74) is 2.37. The van der Waals surface area contributed by atoms with Crippen molar-refractivity contribution in [3.05, 3.63) is 35.4 Å². The molecule has 2 fully saturated rings. The molecule has 0 aliphatic carbocycles. The average molecular weight is 287 g/mol. The van der Waals surface area contributed by atoms with Crippen LogP contribution in [0.3, 0.4) is 0 Å². The highest BCUT2D eigenvalue weighted by atomic mass is 16.2. The molecule has 0 aromatic heterocycles. The summed E-state index contributed by atoms with van der Waals surface area (Å²) in [6.45, 7) is 8.29. The van der Waals surface area contributed by atoms with Gasteiger partial charge in [-0.3, -0.25) is 9.69 Å². The van der Waals surface area contributed by atoms with E-state index in [1.54, 1.807) is 0 Å². The molecule has 1 amide bonds. The molecule has 1 N–H and O–H groups in total. The van der Waals surface area contributed by atoms with E-state index in [2.05, 4.69) is 34.2 Å². The number of carbonyl (C=O) groups excluding carboxylic acids is 1. The first-order valence-electron chi connectivity index (χ1n) is 8.01. The van der Waals surface area contributed by atoms with Crippen LogP contribution < -0.4 is 5.32 Å². The molecule has 1 aromatic carbocycles. The lowest BCUT2D eigenvalue weighted by molar-refractivity contribution is -0.129. The van der Waals surface area contributed by atoms with Crippen LogP contribution in [-0.4, -0.2) is 61.0 Å². The molecular weight excluding hydrogens is 262 g/mol. The van der Waals surface area contributed by atoms with Gasteiger partial charge in [0.2, 0.25) is 5.91 Å². The molecule has 2 saturated heterocycles. The van der Waals surface area contributed by atoms with Crippen LogP contribution in [0.4, 0.5) is 0 Å². The molecule has 3 rings (SSSR count). The lowest BCUT2D eigenvalue weighted by Gasteiger charge is -2.32. The zero-order chi connectivity index (χ0) is 14.7. The molecule has 1 unspecified atom stereocenters. The minimum absolute atomic E-state index is 0.280. The molecule has 21 heavy (non-hydrogen) atoms. The molecule has 0 spiro atoms. The van der Waals surface area contributed by atoms with Crippen LogP contribution in [0.25, 0.3) is 0 Å². The predicted octanol–water partition coefficient (Wildman–Crippen LogP) is 1.04. The van der Waals surface area contributed by atoms with Crippen LogP contribution in [0, 0.1) is 6.92 Å². The largest absolute Gasteiger partial charge is 0.341 e. The van der Waals surface area contributed by atoms with Gasteiger partial charge in [0.1, 0.15) is 0 Å². The van der Waals surface area contributed by atoms with Gasteiger partial charge in [0, 0.05) is 45.3 Å². The van der Waals surface area contributed by atoms with Gasteiger partial charge in [-0.2, -0.15) is 0 Å². The van der Waals surface area contributed by atoms with Gasteiger partial charge in [0.25, 0.3) is 0 Å². The van der Waals surface area contributed by atoms with Crippen molar-refractivity contribution in [2.24, 2.45) is 0 Å². The summed E-state index contributed by atoms with van der Waals surface area (Å²) < 4.78 is 0. The van der Waals surface area contributed by atoms with E-state index in [0.717, 1.165) is 51.3 Å². The van der Waals surface area contributed by atoms with Gasteiger partial charge in [0.05, 0.1) is 6.42 Å². The van der Waals surface area contributed by atoms with Crippen LogP contribution in [-0.2, 0) is 11.2 Å². The molecule has 2 aliphatic rings. The number of likely N-dealkylation sites (tertiary alicyclic amines) is 1. The number of nitrogens with zero attached hydrogens (tertiary/aromatic N) is 2. The molecule has 0 saturated carbocycles. The molecule has 4 nitrogen and oxygen atoms in total. The number of amides is 1. The number of piperazine rings is 1. The smallest absolute Gasteiger partial charge is 0.227 e. The molecule has 1 atom stereocenters. The third-order valence-electron chi connectivity index (χ3n) is 4.79. The number of benzene rings is 1. The second kappa shape index (κ2) is 6.58. The Kier molecular flexibility index (Phi) is 4.56. The monoisotopic (exact) mass is 287 g/mol. The van der Waals surface area contributed by atoms with Gasteiger partial charge in [-0.15, -0.1) is 0 Å². The Morgan fingerprint density at radius 3 is 2.76 bits per heavy atom. The Bertz CT molecular complexity index is 497. The minimum atomic E-state index is 0.280. The van der Waals surface area contributed by atoms with Gasteiger partial charge in [-0.1, -0.05) is 24.3 Å². The number of hydrogen-bond donors (Lipinski definition) is 1. The highest BCUT2D eigenvalue weighted by molar-refractivity contribution is 5.79. The summed E-state index contributed by atoms with van der Waals surface area (Å²) >= 11 is 0. The lowest BCUT2D eigenvalue weighted by Crippen LogP contribution is -2.49. The quantitative estimate of drug-likeness (QED) is 0.902. The fourth-order valence-corrected chi connectivity index (χ4v) is 3.40. The molecular formula is C17H25N3O. The lowest BCUT2D eigenvalue weighted by atomic mass is 10.1. The summed E-state index contributed by atoms with van der Waals surface area (Å²) in [7, 11) is 0. The van der Waals surface area contributed by atoms with Crippen LogP contribution in [0.2, 0.25) is 0 Å². The third-order valence-corrected chi connectivity index (χ3v) is 4.79. The SMILES string of the molecule is Cc1ccccc1CC(=O)N1CCC(N2CCNCC2)C1. The van der Waals surface area contributed by atoms with Crippen molar-refractivity contribution in [3.8, 4) is 0 Å². The number of aryl methyl sites for hydroxylation is 1. The first-order valence-corrected chi connectivity index (χ1v) is 8.01. The van der Waals surface area contributed by atoms with Crippen molar-refractivity contribution in [1.29, 1.82) is 0 Å². The predicted molar refractivity (Wildman–Crippen MR) is 84.3 cm³/mol. The Hall–Kier alpha value is -1.39. The number of rotatable bonds is 3. The molecule has 2 aliphatic heterocycles. The van der Waals surface area contributed by atoms with Gasteiger partial charge in [-0.05, 0) is 24.5 Å². The summed E-state index contributed by atoms with van der Waals surface area (Å²) in [6, 6.07) is 8.75. The van der Waals surface area contributed by atoms with E-state index in [0.29, 0.717) is 12.5 Å². The van der Waals surface area contributed by atoms with Gasteiger partial charge in [0.15, 0.2) is 0 Å². The average Bonchev–Trinajstić information content (AvgIpc) is 3.00. The summed E-state index contributed by atoms with van der Waals surface area (Å²) in [5, 5.41) is 3.39. The number of nitrogens with one attached hydrogen (secondary N) is 1. The maximum atomic E-state index is 12.5. The minimum Gasteiger partial charge on any atom is -0.341 e. The van der Waals surface area contributed by atoms with E-state index in [1.807, 2.05) is 12.1 Å². The first-order chi connectivity index (χ1) is 10.2. The molecule has 114 valence electrons. The zero-order valence-electron chi connectivity index (χ0n) is 12.8. The van der Waals surface area contributed by atoms with Gasteiger partial charge >= 0.3 is 0 Å². The highest BCUT2D eigenvalue weighted by Gasteiger charge is 2.30. The molecule has 0 bridgehead atoms. The molecule has 1 aromatic rings. The van der Waals surface area contributed by atoms with Crippen molar-refractivity contribution >= 4 is 5.91 Å². The van der Waals surface area contributed by atoms with Crippen LogP contribution in [0.5, 0.6) is 0 Å². The number of hydrogen-bond acceptors (Lipinski definition) is 3. The molecule has 4 heteroatoms. The van der Waals surface area contributed by atoms with E-state index in [-0.39, 0.29) is 5.91 Å². The van der Waals surface area contributed by atoms with E-state index in [9.17, 15) is 4.79 Å². The highest BCUT2D eigenvalue weighted by Crippen LogP contribution is 2.18. The second-order valence-corrected chi connectivity index (χ2v) is 6.17. The Balaban J connectivity index is 1.55. The second-order valence-electron chi connectivity index (χ2n) is 6.17. The zero-order valence-corrected chi connectivity index (χ0v) is 12.8. The fourth-order valence-electron chi connectivity index (χ4n) is 3.40. The normalized spacial score (nSPS) is 23.5. The van der Waals surface area contributed by atoms with E-state index in [1.165, 1.54) is 5.56 Å². The van der Waals surface area contributed by atoms with Crippen molar-refractivity contribution in [2.45, 2.75) is 25.8 Å². The van der Waals surface area contributed by atoms with Gasteiger partial charge < -0.3 is 10.2 Å².